The molecule has 1 aromatic carbocycles. The zero-order valence-electron chi connectivity index (χ0n) is 14.5. The number of hydrogen-bond donors (Lipinski definition) is 0. The van der Waals surface area contributed by atoms with Crippen LogP contribution in [-0.4, -0.2) is 38.2 Å². The molecule has 0 aromatic heterocycles. The molecular weight excluding hydrogens is 290 g/mol. The number of allylic oxidation sites excluding steroid dienone is 2. The first-order chi connectivity index (χ1) is 11.0. The third-order valence-electron chi connectivity index (χ3n) is 4.27. The number of carbonyl (C=O) groups excluding carboxylic acids is 1. The van der Waals surface area contributed by atoms with Gasteiger partial charge in [0.05, 0.1) is 19.8 Å². The van der Waals surface area contributed by atoms with Crippen LogP contribution < -0.4 is 4.74 Å². The van der Waals surface area contributed by atoms with E-state index >= 15 is 0 Å². The summed E-state index contributed by atoms with van der Waals surface area (Å²) in [6.45, 7) is 5.09. The lowest BCUT2D eigenvalue weighted by molar-refractivity contribution is 0.0600. The van der Waals surface area contributed by atoms with Gasteiger partial charge in [-0.3, -0.25) is 4.90 Å². The molecule has 1 aromatic rings. The highest BCUT2D eigenvalue weighted by Crippen LogP contribution is 2.26. The van der Waals surface area contributed by atoms with Crippen molar-refractivity contribution in [2.75, 3.05) is 21.3 Å². The lowest BCUT2D eigenvalue weighted by atomic mass is 9.92. The molecule has 0 amide bonds. The Morgan fingerprint density at radius 1 is 1.30 bits per heavy atom. The Labute approximate surface area is 138 Å². The molecule has 4 heteroatoms. The summed E-state index contributed by atoms with van der Waals surface area (Å²) in [5.41, 5.74) is 2.84. The van der Waals surface area contributed by atoms with Crippen LogP contribution >= 0.6 is 0 Å². The summed E-state index contributed by atoms with van der Waals surface area (Å²) in [4.78, 5) is 13.9. The van der Waals surface area contributed by atoms with E-state index in [-0.39, 0.29) is 5.97 Å². The van der Waals surface area contributed by atoms with Gasteiger partial charge in [-0.05, 0) is 32.0 Å². The number of benzene rings is 1. The van der Waals surface area contributed by atoms with Crippen molar-refractivity contribution in [3.63, 3.8) is 0 Å². The average molecular weight is 315 g/mol. The van der Waals surface area contributed by atoms with Crippen LogP contribution in [0.3, 0.4) is 0 Å². The number of likely N-dealkylation sites (N-methyl/N-ethyl adjacent to an activating group) is 1. The highest BCUT2D eigenvalue weighted by molar-refractivity contribution is 5.89. The third kappa shape index (κ3) is 4.02. The molecule has 23 heavy (non-hydrogen) atoms. The molecule has 0 radical (unpaired) electrons. The molecule has 0 N–H and O–H groups in total. The molecule has 0 bridgehead atoms. The number of rotatable bonds is 5. The Balaban J connectivity index is 2.19. The second-order valence-electron chi connectivity index (χ2n) is 6.05. The number of hydrogen-bond acceptors (Lipinski definition) is 4. The minimum absolute atomic E-state index is 0.352. The van der Waals surface area contributed by atoms with Crippen LogP contribution in [0.25, 0.3) is 0 Å². The predicted molar refractivity (Wildman–Crippen MR) is 91.6 cm³/mol. The van der Waals surface area contributed by atoms with Crippen LogP contribution in [0.15, 0.2) is 42.0 Å². The standard InChI is InChI=1S/C19H25NO3/c1-13-6-7-14(2)17(10-13)20(3)12-16-9-8-15(19(21)23-5)11-18(16)22-4/h6-11,14,17H,12H2,1-5H3. The van der Waals surface area contributed by atoms with Crippen LogP contribution in [0, 0.1) is 5.92 Å². The maximum Gasteiger partial charge on any atom is 0.337 e. The summed E-state index contributed by atoms with van der Waals surface area (Å²) in [6, 6.07) is 5.80. The molecular formula is C19H25NO3. The fourth-order valence-corrected chi connectivity index (χ4v) is 2.92. The summed E-state index contributed by atoms with van der Waals surface area (Å²) in [5.74, 6) is 0.816. The fourth-order valence-electron chi connectivity index (χ4n) is 2.92. The van der Waals surface area contributed by atoms with Gasteiger partial charge in [-0.15, -0.1) is 0 Å². The first kappa shape index (κ1) is 17.3. The summed E-state index contributed by atoms with van der Waals surface area (Å²) >= 11 is 0. The predicted octanol–water partition coefficient (Wildman–Crippen LogP) is 3.43. The topological polar surface area (TPSA) is 38.8 Å². The number of carbonyl (C=O) groups is 1. The van der Waals surface area contributed by atoms with Gasteiger partial charge in [0.2, 0.25) is 0 Å². The van der Waals surface area contributed by atoms with Crippen molar-refractivity contribution in [2.24, 2.45) is 5.92 Å². The summed E-state index contributed by atoms with van der Waals surface area (Å²) in [6.07, 6.45) is 6.70. The summed E-state index contributed by atoms with van der Waals surface area (Å²) < 4.78 is 10.2. The Morgan fingerprint density at radius 3 is 2.70 bits per heavy atom. The summed E-state index contributed by atoms with van der Waals surface area (Å²) in [5, 5.41) is 0. The number of esters is 1. The van der Waals surface area contributed by atoms with Crippen LogP contribution in [0.5, 0.6) is 5.75 Å². The average Bonchev–Trinajstić information content (AvgIpc) is 2.56. The van der Waals surface area contributed by atoms with Crippen LogP contribution in [0.1, 0.15) is 29.8 Å². The SMILES string of the molecule is COC(=O)c1ccc(CN(C)C2C=C(C)C=CC2C)c(OC)c1. The summed E-state index contributed by atoms with van der Waals surface area (Å²) in [7, 11) is 5.11. The Morgan fingerprint density at radius 2 is 2.04 bits per heavy atom. The smallest absolute Gasteiger partial charge is 0.337 e. The quantitative estimate of drug-likeness (QED) is 0.780. The molecule has 2 unspecified atom stereocenters. The van der Waals surface area contributed by atoms with E-state index in [9.17, 15) is 4.79 Å². The zero-order chi connectivity index (χ0) is 17.0. The molecule has 124 valence electrons. The normalized spacial score (nSPS) is 20.3. The minimum Gasteiger partial charge on any atom is -0.496 e. The first-order valence-electron chi connectivity index (χ1n) is 7.78. The maximum atomic E-state index is 11.6. The van der Waals surface area contributed by atoms with Crippen LogP contribution in [-0.2, 0) is 11.3 Å². The van der Waals surface area contributed by atoms with E-state index in [1.165, 1.54) is 12.7 Å². The van der Waals surface area contributed by atoms with Gasteiger partial charge in [-0.1, -0.05) is 36.8 Å². The van der Waals surface area contributed by atoms with Crippen LogP contribution in [0.2, 0.25) is 0 Å². The van der Waals surface area contributed by atoms with Gasteiger partial charge >= 0.3 is 5.97 Å². The molecule has 4 nitrogen and oxygen atoms in total. The van der Waals surface area contributed by atoms with Crippen molar-refractivity contribution in [1.82, 2.24) is 4.90 Å². The highest BCUT2D eigenvalue weighted by atomic mass is 16.5. The van der Waals surface area contributed by atoms with Crippen molar-refractivity contribution >= 4 is 5.97 Å². The van der Waals surface area contributed by atoms with Crippen molar-refractivity contribution in [2.45, 2.75) is 26.4 Å². The van der Waals surface area contributed by atoms with E-state index in [0.717, 1.165) is 12.1 Å². The Kier molecular flexibility index (Phi) is 5.61. The van der Waals surface area contributed by atoms with Crippen molar-refractivity contribution in [1.29, 1.82) is 0 Å². The van der Waals surface area contributed by atoms with E-state index in [4.69, 9.17) is 9.47 Å². The van der Waals surface area contributed by atoms with Gasteiger partial charge in [0.1, 0.15) is 5.75 Å². The van der Waals surface area contributed by atoms with Gasteiger partial charge in [0, 0.05) is 18.2 Å². The number of nitrogens with zero attached hydrogens (tertiary/aromatic N) is 1. The zero-order valence-corrected chi connectivity index (χ0v) is 14.5. The van der Waals surface area contributed by atoms with E-state index < -0.39 is 0 Å². The molecule has 0 saturated carbocycles. The second kappa shape index (κ2) is 7.47. The molecule has 0 aliphatic heterocycles. The Bertz CT molecular complexity index is 634. The third-order valence-corrected chi connectivity index (χ3v) is 4.27. The minimum atomic E-state index is -0.354. The fraction of sp³-hybridized carbons (Fsp3) is 0.421. The van der Waals surface area contributed by atoms with Gasteiger partial charge in [-0.2, -0.15) is 0 Å². The lowest BCUT2D eigenvalue weighted by Crippen LogP contribution is -2.35. The van der Waals surface area contributed by atoms with E-state index in [0.29, 0.717) is 23.3 Å². The molecule has 0 heterocycles. The van der Waals surface area contributed by atoms with Gasteiger partial charge in [0.25, 0.3) is 0 Å². The molecule has 2 rings (SSSR count). The lowest BCUT2D eigenvalue weighted by Gasteiger charge is -2.32. The van der Waals surface area contributed by atoms with Gasteiger partial charge < -0.3 is 9.47 Å². The second-order valence-corrected chi connectivity index (χ2v) is 6.05. The van der Waals surface area contributed by atoms with E-state index in [1.807, 2.05) is 6.07 Å². The van der Waals surface area contributed by atoms with Crippen molar-refractivity contribution in [3.05, 3.63) is 53.1 Å². The van der Waals surface area contributed by atoms with E-state index in [2.05, 4.69) is 44.0 Å². The molecule has 2 atom stereocenters. The molecule has 0 fully saturated rings. The molecule has 0 saturated heterocycles. The largest absolute Gasteiger partial charge is 0.496 e. The number of ether oxygens (including phenoxy) is 2. The molecule has 1 aliphatic rings. The molecule has 0 spiro atoms. The Hall–Kier alpha value is -2.07. The first-order valence-corrected chi connectivity index (χ1v) is 7.78. The van der Waals surface area contributed by atoms with Gasteiger partial charge in [-0.25, -0.2) is 4.79 Å². The number of methoxy groups -OCH3 is 2. The van der Waals surface area contributed by atoms with E-state index in [1.54, 1.807) is 19.2 Å². The van der Waals surface area contributed by atoms with Gasteiger partial charge in [0.15, 0.2) is 0 Å². The van der Waals surface area contributed by atoms with Crippen molar-refractivity contribution in [3.8, 4) is 5.75 Å². The highest BCUT2D eigenvalue weighted by Gasteiger charge is 2.21. The maximum absolute atomic E-state index is 11.6. The monoisotopic (exact) mass is 315 g/mol. The van der Waals surface area contributed by atoms with Crippen molar-refractivity contribution < 1.29 is 14.3 Å². The molecule has 1 aliphatic carbocycles. The van der Waals surface area contributed by atoms with Crippen LogP contribution in [0.4, 0.5) is 0 Å².